The van der Waals surface area contributed by atoms with Gasteiger partial charge in [-0.3, -0.25) is 4.55 Å². The highest BCUT2D eigenvalue weighted by Gasteiger charge is 2.05. The summed E-state index contributed by atoms with van der Waals surface area (Å²) in [6.45, 7) is 4.34. The van der Waals surface area contributed by atoms with E-state index in [1.54, 1.807) is 18.2 Å². The highest BCUT2D eigenvalue weighted by atomic mass is 32.2. The van der Waals surface area contributed by atoms with Crippen molar-refractivity contribution in [2.45, 2.75) is 76.0 Å². The SMILES string of the molecule is CCCCCCCCCCCCNCCO.O=S(=O)(O)c1ccccc1. The Morgan fingerprint density at radius 3 is 1.73 bits per heavy atom. The summed E-state index contributed by atoms with van der Waals surface area (Å²) in [4.78, 5) is -0.0741. The monoisotopic (exact) mass is 387 g/mol. The quantitative estimate of drug-likeness (QED) is 0.325. The zero-order valence-corrected chi connectivity index (χ0v) is 17.0. The zero-order chi connectivity index (χ0) is 19.5. The van der Waals surface area contributed by atoms with Crippen LogP contribution in [0.2, 0.25) is 0 Å². The molecule has 1 aromatic carbocycles. The first-order valence-corrected chi connectivity index (χ1v) is 11.3. The number of aliphatic hydroxyl groups is 1. The van der Waals surface area contributed by atoms with E-state index in [1.807, 2.05) is 0 Å². The van der Waals surface area contributed by atoms with E-state index < -0.39 is 10.1 Å². The van der Waals surface area contributed by atoms with Crippen molar-refractivity contribution in [1.82, 2.24) is 5.32 Å². The number of unbranched alkanes of at least 4 members (excludes halogenated alkanes) is 9. The molecule has 0 aliphatic heterocycles. The van der Waals surface area contributed by atoms with Crippen LogP contribution in [0.15, 0.2) is 35.2 Å². The first kappa shape index (κ1) is 25.1. The molecule has 0 amide bonds. The van der Waals surface area contributed by atoms with Crippen molar-refractivity contribution in [3.05, 3.63) is 30.3 Å². The maximum Gasteiger partial charge on any atom is 0.294 e. The predicted octanol–water partition coefficient (Wildman–Crippen LogP) is 4.42. The van der Waals surface area contributed by atoms with Crippen molar-refractivity contribution in [2.75, 3.05) is 19.7 Å². The average molecular weight is 388 g/mol. The molecule has 0 bridgehead atoms. The molecule has 0 unspecified atom stereocenters. The maximum absolute atomic E-state index is 10.4. The van der Waals surface area contributed by atoms with Gasteiger partial charge in [-0.1, -0.05) is 82.9 Å². The molecular formula is C20H37NO4S. The molecule has 0 aromatic heterocycles. The zero-order valence-electron chi connectivity index (χ0n) is 16.2. The molecule has 0 fully saturated rings. The van der Waals surface area contributed by atoms with Crippen LogP contribution in [0.25, 0.3) is 0 Å². The standard InChI is InChI=1S/C14H31NO.C6H6O3S/c1-2-3-4-5-6-7-8-9-10-11-12-15-13-14-16;7-10(8,9)6-4-2-1-3-5-6/h15-16H,2-14H2,1H3;1-5H,(H,7,8,9). The molecule has 1 rings (SSSR count). The van der Waals surface area contributed by atoms with Gasteiger partial charge in [-0.25, -0.2) is 0 Å². The number of aliphatic hydroxyl groups excluding tert-OH is 1. The van der Waals surface area contributed by atoms with Gasteiger partial charge in [0.05, 0.1) is 11.5 Å². The summed E-state index contributed by atoms with van der Waals surface area (Å²) in [7, 11) is -4.00. The van der Waals surface area contributed by atoms with Gasteiger partial charge in [0.1, 0.15) is 0 Å². The van der Waals surface area contributed by atoms with E-state index in [0.29, 0.717) is 0 Å². The summed E-state index contributed by atoms with van der Waals surface area (Å²) in [5.41, 5.74) is 0. The fraction of sp³-hybridized carbons (Fsp3) is 0.700. The molecule has 26 heavy (non-hydrogen) atoms. The lowest BCUT2D eigenvalue weighted by molar-refractivity contribution is 0.292. The second-order valence-electron chi connectivity index (χ2n) is 6.44. The van der Waals surface area contributed by atoms with E-state index in [9.17, 15) is 8.42 Å². The molecule has 3 N–H and O–H groups in total. The molecule has 6 heteroatoms. The Bertz CT molecular complexity index is 492. The summed E-state index contributed by atoms with van der Waals surface area (Å²) < 4.78 is 29.2. The van der Waals surface area contributed by atoms with Crippen LogP contribution in [-0.4, -0.2) is 37.8 Å². The number of nitrogens with one attached hydrogen (secondary N) is 1. The van der Waals surface area contributed by atoms with E-state index in [4.69, 9.17) is 9.66 Å². The fourth-order valence-corrected chi connectivity index (χ4v) is 3.04. The van der Waals surface area contributed by atoms with Gasteiger partial charge < -0.3 is 10.4 Å². The minimum Gasteiger partial charge on any atom is -0.395 e. The second kappa shape index (κ2) is 17.5. The van der Waals surface area contributed by atoms with Gasteiger partial charge in [0, 0.05) is 6.54 Å². The molecule has 1 aromatic rings. The summed E-state index contributed by atoms with van der Waals surface area (Å²) >= 11 is 0. The van der Waals surface area contributed by atoms with Crippen molar-refractivity contribution in [3.63, 3.8) is 0 Å². The van der Waals surface area contributed by atoms with Crippen LogP contribution in [0, 0.1) is 0 Å². The minimum atomic E-state index is -4.00. The topological polar surface area (TPSA) is 86.6 Å². The van der Waals surface area contributed by atoms with Crippen LogP contribution in [0.5, 0.6) is 0 Å². The smallest absolute Gasteiger partial charge is 0.294 e. The Hall–Kier alpha value is -0.950. The molecule has 0 aliphatic rings. The van der Waals surface area contributed by atoms with Crippen LogP contribution in [0.3, 0.4) is 0 Å². The van der Waals surface area contributed by atoms with E-state index >= 15 is 0 Å². The van der Waals surface area contributed by atoms with Gasteiger partial charge in [-0.2, -0.15) is 8.42 Å². The molecule has 5 nitrogen and oxygen atoms in total. The summed E-state index contributed by atoms with van der Waals surface area (Å²) in [5.74, 6) is 0. The number of hydrogen-bond donors (Lipinski definition) is 3. The minimum absolute atomic E-state index is 0.0741. The predicted molar refractivity (Wildman–Crippen MR) is 108 cm³/mol. The van der Waals surface area contributed by atoms with Gasteiger partial charge >= 0.3 is 0 Å². The molecule has 0 radical (unpaired) electrons. The van der Waals surface area contributed by atoms with E-state index in [1.165, 1.54) is 76.3 Å². The van der Waals surface area contributed by atoms with Crippen molar-refractivity contribution in [2.24, 2.45) is 0 Å². The third-order valence-electron chi connectivity index (χ3n) is 4.04. The van der Waals surface area contributed by atoms with E-state index in [2.05, 4.69) is 12.2 Å². The summed E-state index contributed by atoms with van der Waals surface area (Å²) in [6, 6.07) is 7.42. The van der Waals surface area contributed by atoms with Gasteiger partial charge in [0.2, 0.25) is 0 Å². The normalized spacial score (nSPS) is 11.0. The van der Waals surface area contributed by atoms with Crippen LogP contribution in [0.4, 0.5) is 0 Å². The molecule has 0 spiro atoms. The third-order valence-corrected chi connectivity index (χ3v) is 4.90. The Morgan fingerprint density at radius 2 is 1.31 bits per heavy atom. The number of benzene rings is 1. The van der Waals surface area contributed by atoms with E-state index in [-0.39, 0.29) is 11.5 Å². The third kappa shape index (κ3) is 16.5. The van der Waals surface area contributed by atoms with Crippen LogP contribution in [-0.2, 0) is 10.1 Å². The van der Waals surface area contributed by atoms with Gasteiger partial charge in [-0.15, -0.1) is 0 Å². The summed E-state index contributed by atoms with van der Waals surface area (Å²) in [6.07, 6.45) is 13.9. The molecule has 0 atom stereocenters. The maximum atomic E-state index is 10.4. The Balaban J connectivity index is 0.000000531. The van der Waals surface area contributed by atoms with Crippen molar-refractivity contribution >= 4 is 10.1 Å². The first-order chi connectivity index (χ1) is 12.5. The number of hydrogen-bond acceptors (Lipinski definition) is 4. The highest BCUT2D eigenvalue weighted by Crippen LogP contribution is 2.10. The van der Waals surface area contributed by atoms with Gasteiger partial charge in [0.25, 0.3) is 10.1 Å². The van der Waals surface area contributed by atoms with Gasteiger partial charge in [0.15, 0.2) is 0 Å². The Labute approximate surface area is 160 Å². The van der Waals surface area contributed by atoms with Crippen molar-refractivity contribution in [1.29, 1.82) is 0 Å². The Kier molecular flexibility index (Phi) is 16.8. The van der Waals surface area contributed by atoms with Crippen molar-refractivity contribution in [3.8, 4) is 0 Å². The van der Waals surface area contributed by atoms with E-state index in [0.717, 1.165) is 13.1 Å². The second-order valence-corrected chi connectivity index (χ2v) is 7.87. The summed E-state index contributed by atoms with van der Waals surface area (Å²) in [5, 5.41) is 11.8. The molecule has 0 saturated carbocycles. The molecule has 0 heterocycles. The van der Waals surface area contributed by atoms with Gasteiger partial charge in [-0.05, 0) is 25.1 Å². The van der Waals surface area contributed by atoms with Crippen molar-refractivity contribution < 1.29 is 18.1 Å². The lowest BCUT2D eigenvalue weighted by Gasteiger charge is -2.03. The molecule has 0 saturated heterocycles. The van der Waals surface area contributed by atoms with Crippen LogP contribution < -0.4 is 5.32 Å². The van der Waals surface area contributed by atoms with Crippen LogP contribution in [0.1, 0.15) is 71.1 Å². The largest absolute Gasteiger partial charge is 0.395 e. The number of rotatable bonds is 14. The molecule has 152 valence electrons. The fourth-order valence-electron chi connectivity index (χ4n) is 2.53. The first-order valence-electron chi connectivity index (χ1n) is 9.86. The lowest BCUT2D eigenvalue weighted by atomic mass is 10.1. The lowest BCUT2D eigenvalue weighted by Crippen LogP contribution is -2.19. The molecular weight excluding hydrogens is 350 g/mol. The average Bonchev–Trinajstić information content (AvgIpc) is 2.63. The molecule has 0 aliphatic carbocycles. The highest BCUT2D eigenvalue weighted by molar-refractivity contribution is 7.85. The van der Waals surface area contributed by atoms with Crippen LogP contribution >= 0.6 is 0 Å². The Morgan fingerprint density at radius 1 is 0.808 bits per heavy atom.